The summed E-state index contributed by atoms with van der Waals surface area (Å²) in [4.78, 5) is 11.3. The number of carbonyl (C=O) groups is 1. The molecule has 0 amide bonds. The van der Waals surface area contributed by atoms with Gasteiger partial charge in [0.1, 0.15) is 0 Å². The molecule has 2 aliphatic carbocycles. The van der Waals surface area contributed by atoms with Gasteiger partial charge in [-0.25, -0.2) is 0 Å². The van der Waals surface area contributed by atoms with Gasteiger partial charge in [-0.15, -0.1) is 12.6 Å². The maximum Gasteiger partial charge on any atom is 0.185 e. The third kappa shape index (κ3) is 6.62. The smallest absolute Gasteiger partial charge is 0.185 e. The zero-order chi connectivity index (χ0) is 22.2. The quantitative estimate of drug-likeness (QED) is 0.320. The van der Waals surface area contributed by atoms with Gasteiger partial charge in [-0.1, -0.05) is 67.0 Å². The topological polar surface area (TPSA) is 17.1 Å². The Bertz CT molecular complexity index is 527. The summed E-state index contributed by atoms with van der Waals surface area (Å²) in [6.45, 7) is 18.7. The van der Waals surface area contributed by atoms with Crippen molar-refractivity contribution >= 4 is 17.7 Å². The van der Waals surface area contributed by atoms with Crippen LogP contribution in [0.15, 0.2) is 12.2 Å². The van der Waals surface area contributed by atoms with E-state index >= 15 is 0 Å². The van der Waals surface area contributed by atoms with Crippen LogP contribution in [-0.4, -0.2) is 5.12 Å². The minimum absolute atomic E-state index is 0.0435. The first-order chi connectivity index (χ1) is 13.6. The Morgan fingerprint density at radius 2 is 1.83 bits per heavy atom. The van der Waals surface area contributed by atoms with Gasteiger partial charge in [0.25, 0.3) is 0 Å². The number of allylic oxidation sites excluding steroid dienone is 2. The van der Waals surface area contributed by atoms with E-state index in [1.165, 1.54) is 44.9 Å². The van der Waals surface area contributed by atoms with E-state index in [9.17, 15) is 4.79 Å². The lowest BCUT2D eigenvalue weighted by Crippen LogP contribution is -2.46. The molecule has 0 spiro atoms. The Hall–Kier alpha value is -0.240. The molecule has 170 valence electrons. The fourth-order valence-corrected chi connectivity index (χ4v) is 6.85. The lowest BCUT2D eigenvalue weighted by atomic mass is 9.52. The molecule has 7 atom stereocenters. The lowest BCUT2D eigenvalue weighted by Gasteiger charge is -2.53. The summed E-state index contributed by atoms with van der Waals surface area (Å²) >= 11 is 3.97. The minimum Gasteiger partial charge on any atom is -0.288 e. The lowest BCUT2D eigenvalue weighted by molar-refractivity contribution is -0.111. The second-order valence-corrected chi connectivity index (χ2v) is 11.1. The van der Waals surface area contributed by atoms with Gasteiger partial charge >= 0.3 is 0 Å². The van der Waals surface area contributed by atoms with Crippen molar-refractivity contribution in [3.63, 3.8) is 0 Å². The van der Waals surface area contributed by atoms with Crippen LogP contribution in [0.5, 0.6) is 0 Å². The number of thiol groups is 1. The van der Waals surface area contributed by atoms with Crippen molar-refractivity contribution in [1.29, 1.82) is 0 Å². The average Bonchev–Trinajstić information content (AvgIpc) is 2.81. The molecule has 2 aliphatic rings. The molecule has 2 fully saturated rings. The summed E-state index contributed by atoms with van der Waals surface area (Å²) in [6, 6.07) is 0. The number of carbonyl (C=O) groups excluding carboxylic acids is 1. The second-order valence-electron chi connectivity index (χ2n) is 10.6. The molecule has 0 heterocycles. The van der Waals surface area contributed by atoms with E-state index in [1.54, 1.807) is 0 Å². The van der Waals surface area contributed by atoms with Crippen molar-refractivity contribution in [2.45, 2.75) is 113 Å². The van der Waals surface area contributed by atoms with Crippen molar-refractivity contribution in [3.05, 3.63) is 12.2 Å². The summed E-state index contributed by atoms with van der Waals surface area (Å²) in [5, 5.41) is 0.0435. The molecule has 0 aromatic rings. The Morgan fingerprint density at radius 3 is 2.41 bits per heavy atom. The van der Waals surface area contributed by atoms with Crippen molar-refractivity contribution in [3.8, 4) is 0 Å². The molecule has 0 N–H and O–H groups in total. The molecule has 7 unspecified atom stereocenters. The van der Waals surface area contributed by atoms with Crippen LogP contribution in [0.25, 0.3) is 0 Å². The van der Waals surface area contributed by atoms with Crippen LogP contribution < -0.4 is 0 Å². The van der Waals surface area contributed by atoms with E-state index in [1.807, 2.05) is 13.8 Å². The van der Waals surface area contributed by atoms with Crippen LogP contribution in [-0.2, 0) is 4.79 Å². The Balaban J connectivity index is 0.00000204. The molecular formula is C27H50OS. The van der Waals surface area contributed by atoms with E-state index in [-0.39, 0.29) is 5.12 Å². The van der Waals surface area contributed by atoms with Gasteiger partial charge in [-0.05, 0) is 92.3 Å². The predicted molar refractivity (Wildman–Crippen MR) is 132 cm³/mol. The standard InChI is InChI=1S/C25H44OS.C2H6/c1-7-8-16-25(6)19(3)12-13-21-20(4)24(5,15-9-10-22(21)25)17-18(2)11-14-23(26)27;1-2/h7-8,18-22H,9-17H2,1-6H3,(H,26,27);1-2H3/b8-7-;. The Labute approximate surface area is 188 Å². The highest BCUT2D eigenvalue weighted by atomic mass is 32.1. The van der Waals surface area contributed by atoms with E-state index in [0.717, 1.165) is 30.1 Å². The van der Waals surface area contributed by atoms with Crippen molar-refractivity contribution in [2.75, 3.05) is 0 Å². The molecule has 2 rings (SSSR count). The molecule has 0 aromatic heterocycles. The molecule has 1 nitrogen and oxygen atoms in total. The first-order valence-electron chi connectivity index (χ1n) is 12.5. The van der Waals surface area contributed by atoms with Crippen LogP contribution in [0.2, 0.25) is 0 Å². The summed E-state index contributed by atoms with van der Waals surface area (Å²) < 4.78 is 0. The number of fused-ring (bicyclic) bond motifs is 1. The summed E-state index contributed by atoms with van der Waals surface area (Å²) in [5.74, 6) is 3.94. The largest absolute Gasteiger partial charge is 0.288 e. The van der Waals surface area contributed by atoms with Crippen LogP contribution in [0, 0.1) is 40.4 Å². The summed E-state index contributed by atoms with van der Waals surface area (Å²) in [7, 11) is 0. The van der Waals surface area contributed by atoms with Crippen LogP contribution >= 0.6 is 12.6 Å². The molecule has 29 heavy (non-hydrogen) atoms. The first kappa shape index (κ1) is 26.8. The second kappa shape index (κ2) is 12.0. The third-order valence-electron chi connectivity index (χ3n) is 8.89. The van der Waals surface area contributed by atoms with Gasteiger partial charge in [0.2, 0.25) is 0 Å². The third-order valence-corrected chi connectivity index (χ3v) is 9.11. The highest BCUT2D eigenvalue weighted by Gasteiger charge is 2.51. The fourth-order valence-electron chi connectivity index (χ4n) is 6.72. The molecular weight excluding hydrogens is 372 g/mol. The zero-order valence-corrected chi connectivity index (χ0v) is 21.7. The van der Waals surface area contributed by atoms with Crippen LogP contribution in [0.4, 0.5) is 0 Å². The number of hydrogen-bond acceptors (Lipinski definition) is 1. The zero-order valence-electron chi connectivity index (χ0n) is 20.8. The van der Waals surface area contributed by atoms with E-state index in [0.29, 0.717) is 23.2 Å². The maximum absolute atomic E-state index is 11.3. The van der Waals surface area contributed by atoms with Gasteiger partial charge < -0.3 is 0 Å². The van der Waals surface area contributed by atoms with E-state index < -0.39 is 0 Å². The normalized spacial score (nSPS) is 38.5. The monoisotopic (exact) mass is 422 g/mol. The molecule has 0 saturated heterocycles. The van der Waals surface area contributed by atoms with Crippen LogP contribution in [0.1, 0.15) is 113 Å². The van der Waals surface area contributed by atoms with Gasteiger partial charge in [-0.2, -0.15) is 0 Å². The number of hydrogen-bond donors (Lipinski definition) is 1. The van der Waals surface area contributed by atoms with Crippen molar-refractivity contribution < 1.29 is 4.79 Å². The minimum atomic E-state index is 0.0435. The van der Waals surface area contributed by atoms with Crippen LogP contribution in [0.3, 0.4) is 0 Å². The molecule has 0 bridgehead atoms. The molecule has 0 radical (unpaired) electrons. The van der Waals surface area contributed by atoms with Crippen molar-refractivity contribution in [1.82, 2.24) is 0 Å². The SMILES string of the molecule is C/C=C\CC1(C)C(C)CCC2C(C)C(C)(CC(C)CCC(=O)S)CCCC21.CC. The van der Waals surface area contributed by atoms with Gasteiger partial charge in [0, 0.05) is 6.42 Å². The van der Waals surface area contributed by atoms with Gasteiger partial charge in [-0.3, -0.25) is 4.79 Å². The molecule has 0 aliphatic heterocycles. The fraction of sp³-hybridized carbons (Fsp3) is 0.889. The summed E-state index contributed by atoms with van der Waals surface area (Å²) in [6.07, 6.45) is 15.7. The maximum atomic E-state index is 11.3. The molecule has 2 saturated carbocycles. The predicted octanol–water partition coefficient (Wildman–Crippen LogP) is 8.74. The van der Waals surface area contributed by atoms with Gasteiger partial charge in [0.15, 0.2) is 5.12 Å². The summed E-state index contributed by atoms with van der Waals surface area (Å²) in [5.41, 5.74) is 0.875. The number of rotatable bonds is 7. The Kier molecular flexibility index (Phi) is 11.1. The highest BCUT2D eigenvalue weighted by Crippen LogP contribution is 2.60. The van der Waals surface area contributed by atoms with E-state index in [4.69, 9.17) is 0 Å². The first-order valence-corrected chi connectivity index (χ1v) is 12.9. The molecule has 2 heteroatoms. The molecule has 0 aromatic carbocycles. The van der Waals surface area contributed by atoms with Gasteiger partial charge in [0.05, 0.1) is 0 Å². The van der Waals surface area contributed by atoms with Crippen molar-refractivity contribution in [2.24, 2.45) is 40.4 Å². The highest BCUT2D eigenvalue weighted by molar-refractivity contribution is 7.96. The Morgan fingerprint density at radius 1 is 1.17 bits per heavy atom. The average molecular weight is 423 g/mol. The van der Waals surface area contributed by atoms with E-state index in [2.05, 4.69) is 66.3 Å².